The second-order valence-electron chi connectivity index (χ2n) is 1.33. The van der Waals surface area contributed by atoms with E-state index in [0.717, 1.165) is 13.1 Å². The van der Waals surface area contributed by atoms with Gasteiger partial charge in [0.25, 0.3) is 0 Å². The van der Waals surface area contributed by atoms with Crippen LogP contribution in [0.3, 0.4) is 0 Å². The molecular weight excluding hydrogens is 120 g/mol. The van der Waals surface area contributed by atoms with Crippen LogP contribution < -0.4 is 0 Å². The quantitative estimate of drug-likeness (QED) is 0.325. The van der Waals surface area contributed by atoms with Gasteiger partial charge in [0.2, 0.25) is 0 Å². The van der Waals surface area contributed by atoms with Gasteiger partial charge in [-0.3, -0.25) is 5.01 Å². The van der Waals surface area contributed by atoms with Crippen molar-refractivity contribution < 1.29 is 0 Å². The summed E-state index contributed by atoms with van der Waals surface area (Å²) in [5.41, 5.74) is 0. The number of hydrogen-bond donors (Lipinski definition) is 0. The van der Waals surface area contributed by atoms with Crippen molar-refractivity contribution in [1.82, 2.24) is 5.01 Å². The average Bonchev–Trinajstić information content (AvgIpc) is 1.83. The predicted molar refractivity (Wildman–Crippen MR) is 37.9 cm³/mol. The Morgan fingerprint density at radius 1 is 1.50 bits per heavy atom. The van der Waals surface area contributed by atoms with Crippen LogP contribution in [0.5, 0.6) is 0 Å². The van der Waals surface area contributed by atoms with Crippen molar-refractivity contribution in [1.29, 1.82) is 0 Å². The third-order valence-electron chi connectivity index (χ3n) is 0.912. The molecule has 0 saturated heterocycles. The molecule has 0 aromatic carbocycles. The number of thiocarbonyl (C=S) groups is 1. The minimum atomic E-state index is 0.903. The van der Waals surface area contributed by atoms with Crippen LogP contribution in [0, 0.1) is 0 Å². The number of hydrazone groups is 1. The second-order valence-corrected chi connectivity index (χ2v) is 1.51. The highest BCUT2D eigenvalue weighted by atomic mass is 32.1. The van der Waals surface area contributed by atoms with Gasteiger partial charge in [-0.2, -0.15) is 0 Å². The van der Waals surface area contributed by atoms with Gasteiger partial charge in [0.1, 0.15) is 0 Å². The van der Waals surface area contributed by atoms with Crippen LogP contribution in [0.15, 0.2) is 5.10 Å². The summed E-state index contributed by atoms with van der Waals surface area (Å²) in [6.07, 6.45) is 0. The number of hydrogen-bond acceptors (Lipinski definition) is 3. The average molecular weight is 130 g/mol. The maximum atomic E-state index is 4.40. The standard InChI is InChI=1S/C5H10N2S/c1-3-7(4-2)6-5-8/h3-4H2,1-2H3. The first kappa shape index (κ1) is 7.60. The van der Waals surface area contributed by atoms with E-state index < -0.39 is 0 Å². The van der Waals surface area contributed by atoms with Crippen LogP contribution in [0.1, 0.15) is 13.8 Å². The first-order valence-electron chi connectivity index (χ1n) is 2.67. The van der Waals surface area contributed by atoms with E-state index in [1.165, 1.54) is 0 Å². The Labute approximate surface area is 55.2 Å². The van der Waals surface area contributed by atoms with Gasteiger partial charge in [0.05, 0.1) is 5.16 Å². The molecule has 3 heteroatoms. The van der Waals surface area contributed by atoms with Crippen LogP contribution in [-0.4, -0.2) is 23.3 Å². The first-order chi connectivity index (χ1) is 3.85. The van der Waals surface area contributed by atoms with Crippen molar-refractivity contribution in [3.63, 3.8) is 0 Å². The lowest BCUT2D eigenvalue weighted by molar-refractivity contribution is 0.324. The predicted octanol–water partition coefficient (Wildman–Crippen LogP) is 1.35. The first-order valence-corrected chi connectivity index (χ1v) is 3.08. The van der Waals surface area contributed by atoms with Gasteiger partial charge in [-0.1, -0.05) is 0 Å². The van der Waals surface area contributed by atoms with Gasteiger partial charge in [-0.15, -0.1) is 5.10 Å². The van der Waals surface area contributed by atoms with E-state index in [2.05, 4.69) is 22.5 Å². The molecule has 0 aliphatic heterocycles. The summed E-state index contributed by atoms with van der Waals surface area (Å²) < 4.78 is 0. The van der Waals surface area contributed by atoms with Crippen molar-refractivity contribution in [2.75, 3.05) is 13.1 Å². The summed E-state index contributed by atoms with van der Waals surface area (Å²) in [5, 5.41) is 7.90. The fraction of sp³-hybridized carbons (Fsp3) is 0.800. The summed E-state index contributed by atoms with van der Waals surface area (Å²) in [7, 11) is 0. The maximum absolute atomic E-state index is 4.40. The fourth-order valence-electron chi connectivity index (χ4n) is 0.423. The summed E-state index contributed by atoms with van der Waals surface area (Å²) in [4.78, 5) is 0. The molecule has 0 bridgehead atoms. The minimum Gasteiger partial charge on any atom is -0.289 e. The number of nitrogens with zero attached hydrogens (tertiary/aromatic N) is 2. The molecule has 0 N–H and O–H groups in total. The van der Waals surface area contributed by atoms with E-state index in [0.29, 0.717) is 0 Å². The highest BCUT2D eigenvalue weighted by molar-refractivity contribution is 7.78. The zero-order chi connectivity index (χ0) is 6.41. The Balaban J connectivity index is 3.52. The summed E-state index contributed by atoms with van der Waals surface area (Å²) in [5.74, 6) is 0. The molecule has 0 heterocycles. The molecule has 0 fully saturated rings. The van der Waals surface area contributed by atoms with Gasteiger partial charge in [0.15, 0.2) is 0 Å². The van der Waals surface area contributed by atoms with Crippen molar-refractivity contribution in [3.05, 3.63) is 0 Å². The smallest absolute Gasteiger partial charge is 0.0846 e. The molecule has 46 valence electrons. The van der Waals surface area contributed by atoms with Gasteiger partial charge in [-0.05, 0) is 26.1 Å². The molecule has 8 heavy (non-hydrogen) atoms. The normalized spacial score (nSPS) is 7.75. The fourth-order valence-corrected chi connectivity index (χ4v) is 0.538. The SMILES string of the molecule is CCN(CC)N=C=S. The van der Waals surface area contributed by atoms with Crippen LogP contribution in [0.4, 0.5) is 0 Å². The summed E-state index contributed by atoms with van der Waals surface area (Å²) in [6, 6.07) is 0. The molecule has 0 aromatic heterocycles. The van der Waals surface area contributed by atoms with Crippen molar-refractivity contribution in [3.8, 4) is 0 Å². The summed E-state index contributed by atoms with van der Waals surface area (Å²) in [6.45, 7) is 5.86. The summed E-state index contributed by atoms with van der Waals surface area (Å²) >= 11 is 4.40. The Hall–Kier alpha value is -0.400. The van der Waals surface area contributed by atoms with E-state index in [9.17, 15) is 0 Å². The van der Waals surface area contributed by atoms with Gasteiger partial charge >= 0.3 is 0 Å². The van der Waals surface area contributed by atoms with Gasteiger partial charge < -0.3 is 0 Å². The minimum absolute atomic E-state index is 0.903. The Morgan fingerprint density at radius 2 is 2.00 bits per heavy atom. The molecule has 0 rings (SSSR count). The monoisotopic (exact) mass is 130 g/mol. The molecule has 0 saturated carbocycles. The molecule has 0 aromatic rings. The molecule has 0 atom stereocenters. The lowest BCUT2D eigenvalue weighted by Gasteiger charge is -2.09. The molecule has 0 amide bonds. The van der Waals surface area contributed by atoms with Crippen LogP contribution in [0.25, 0.3) is 0 Å². The second kappa shape index (κ2) is 4.75. The molecular formula is C5H10N2S. The zero-order valence-electron chi connectivity index (χ0n) is 5.22. The molecule has 0 unspecified atom stereocenters. The molecule has 0 spiro atoms. The largest absolute Gasteiger partial charge is 0.289 e. The van der Waals surface area contributed by atoms with Crippen molar-refractivity contribution in [2.45, 2.75) is 13.8 Å². The zero-order valence-corrected chi connectivity index (χ0v) is 6.03. The maximum Gasteiger partial charge on any atom is 0.0846 e. The van der Waals surface area contributed by atoms with Crippen LogP contribution in [0.2, 0.25) is 0 Å². The Kier molecular flexibility index (Phi) is 4.51. The Morgan fingerprint density at radius 3 is 2.12 bits per heavy atom. The Bertz CT molecular complexity index is 92.6. The van der Waals surface area contributed by atoms with Crippen molar-refractivity contribution in [2.24, 2.45) is 5.10 Å². The van der Waals surface area contributed by atoms with E-state index in [-0.39, 0.29) is 0 Å². The van der Waals surface area contributed by atoms with E-state index in [1.807, 2.05) is 18.9 Å². The van der Waals surface area contributed by atoms with Gasteiger partial charge in [0, 0.05) is 13.1 Å². The lowest BCUT2D eigenvalue weighted by atomic mass is 10.6. The number of isothiocyanates is 1. The highest BCUT2D eigenvalue weighted by Gasteiger charge is 1.86. The van der Waals surface area contributed by atoms with Crippen LogP contribution >= 0.6 is 12.2 Å². The molecule has 0 radical (unpaired) electrons. The van der Waals surface area contributed by atoms with E-state index >= 15 is 0 Å². The topological polar surface area (TPSA) is 15.6 Å². The van der Waals surface area contributed by atoms with Crippen molar-refractivity contribution >= 4 is 17.4 Å². The molecule has 2 nitrogen and oxygen atoms in total. The molecule has 0 aliphatic rings. The van der Waals surface area contributed by atoms with E-state index in [4.69, 9.17) is 0 Å². The third-order valence-corrected chi connectivity index (χ3v) is 0.994. The third kappa shape index (κ3) is 2.72. The molecule has 0 aliphatic carbocycles. The highest BCUT2D eigenvalue weighted by Crippen LogP contribution is 1.83. The number of rotatable bonds is 3. The van der Waals surface area contributed by atoms with E-state index in [1.54, 1.807) is 0 Å². The van der Waals surface area contributed by atoms with Gasteiger partial charge in [-0.25, -0.2) is 0 Å². The lowest BCUT2D eigenvalue weighted by Crippen LogP contribution is -2.14. The van der Waals surface area contributed by atoms with Crippen LogP contribution in [-0.2, 0) is 0 Å².